The SMILES string of the molecule is C[C@H](CCc1ccccc1)NCc1ccc2c(c1)n(C)c(=O)n2C. The number of aromatic nitrogens is 2. The van der Waals surface area contributed by atoms with Crippen LogP contribution in [0.5, 0.6) is 0 Å². The fourth-order valence-corrected chi connectivity index (χ4v) is 3.08. The van der Waals surface area contributed by atoms with Crippen LogP contribution in [-0.4, -0.2) is 15.2 Å². The van der Waals surface area contributed by atoms with Crippen LogP contribution < -0.4 is 11.0 Å². The number of hydrogen-bond acceptors (Lipinski definition) is 2. The maximum Gasteiger partial charge on any atom is 0.328 e. The van der Waals surface area contributed by atoms with Crippen molar-refractivity contribution in [3.63, 3.8) is 0 Å². The standard InChI is InChI=1S/C20H25N3O/c1-15(9-10-16-7-5-4-6-8-16)21-14-17-11-12-18-19(13-17)23(3)20(24)22(18)2/h4-8,11-13,15,21H,9-10,14H2,1-3H3/t15-/m1/s1. The highest BCUT2D eigenvalue weighted by Crippen LogP contribution is 2.14. The Morgan fingerprint density at radius 1 is 0.958 bits per heavy atom. The van der Waals surface area contributed by atoms with E-state index in [1.165, 1.54) is 11.1 Å². The molecular formula is C20H25N3O. The minimum Gasteiger partial charge on any atom is -0.310 e. The van der Waals surface area contributed by atoms with Crippen LogP contribution in [0, 0.1) is 0 Å². The first-order valence-electron chi connectivity index (χ1n) is 8.48. The van der Waals surface area contributed by atoms with Crippen molar-refractivity contribution < 1.29 is 0 Å². The maximum absolute atomic E-state index is 12.0. The Hall–Kier alpha value is -2.33. The van der Waals surface area contributed by atoms with E-state index in [0.717, 1.165) is 30.4 Å². The molecule has 24 heavy (non-hydrogen) atoms. The van der Waals surface area contributed by atoms with Crippen molar-refractivity contribution in [1.29, 1.82) is 0 Å². The Kier molecular flexibility index (Phi) is 4.86. The lowest BCUT2D eigenvalue weighted by molar-refractivity contribution is 0.514. The van der Waals surface area contributed by atoms with Gasteiger partial charge in [-0.05, 0) is 43.0 Å². The van der Waals surface area contributed by atoms with E-state index in [2.05, 4.69) is 54.7 Å². The van der Waals surface area contributed by atoms with Crippen molar-refractivity contribution in [2.75, 3.05) is 0 Å². The van der Waals surface area contributed by atoms with Crippen LogP contribution in [0.25, 0.3) is 11.0 Å². The average molecular weight is 323 g/mol. The van der Waals surface area contributed by atoms with Crippen LogP contribution in [0.1, 0.15) is 24.5 Å². The number of rotatable bonds is 6. The van der Waals surface area contributed by atoms with Gasteiger partial charge < -0.3 is 5.32 Å². The average Bonchev–Trinajstić information content (AvgIpc) is 2.83. The number of fused-ring (bicyclic) bond motifs is 1. The van der Waals surface area contributed by atoms with Gasteiger partial charge in [0.25, 0.3) is 0 Å². The van der Waals surface area contributed by atoms with E-state index in [1.807, 2.05) is 20.2 Å². The Bertz CT molecular complexity index is 877. The van der Waals surface area contributed by atoms with E-state index in [9.17, 15) is 4.79 Å². The summed E-state index contributed by atoms with van der Waals surface area (Å²) in [5.74, 6) is 0. The van der Waals surface area contributed by atoms with Gasteiger partial charge >= 0.3 is 5.69 Å². The molecule has 0 unspecified atom stereocenters. The number of benzene rings is 2. The van der Waals surface area contributed by atoms with Crippen molar-refractivity contribution in [1.82, 2.24) is 14.5 Å². The summed E-state index contributed by atoms with van der Waals surface area (Å²) in [6, 6.07) is 17.3. The molecule has 0 spiro atoms. The van der Waals surface area contributed by atoms with Crippen LogP contribution >= 0.6 is 0 Å². The number of imidazole rings is 1. The molecule has 0 bridgehead atoms. The molecule has 0 aliphatic rings. The zero-order valence-electron chi connectivity index (χ0n) is 14.6. The van der Waals surface area contributed by atoms with Gasteiger partial charge in [0.15, 0.2) is 0 Å². The van der Waals surface area contributed by atoms with Crippen molar-refractivity contribution in [2.45, 2.75) is 32.4 Å². The second kappa shape index (κ2) is 7.05. The first kappa shape index (κ1) is 16.5. The number of nitrogens with zero attached hydrogens (tertiary/aromatic N) is 2. The first-order valence-corrected chi connectivity index (χ1v) is 8.48. The summed E-state index contributed by atoms with van der Waals surface area (Å²) in [4.78, 5) is 12.0. The van der Waals surface area contributed by atoms with Gasteiger partial charge in [-0.1, -0.05) is 36.4 Å². The summed E-state index contributed by atoms with van der Waals surface area (Å²) < 4.78 is 3.40. The predicted molar refractivity (Wildman–Crippen MR) is 99.2 cm³/mol. The zero-order valence-corrected chi connectivity index (χ0v) is 14.6. The summed E-state index contributed by atoms with van der Waals surface area (Å²) in [5.41, 5.74) is 4.57. The fraction of sp³-hybridized carbons (Fsp3) is 0.350. The summed E-state index contributed by atoms with van der Waals surface area (Å²) in [6.07, 6.45) is 2.19. The minimum absolute atomic E-state index is 0.0198. The fourth-order valence-electron chi connectivity index (χ4n) is 3.08. The Morgan fingerprint density at radius 3 is 2.42 bits per heavy atom. The van der Waals surface area contributed by atoms with Gasteiger partial charge in [0.2, 0.25) is 0 Å². The lowest BCUT2D eigenvalue weighted by atomic mass is 10.1. The van der Waals surface area contributed by atoms with Gasteiger partial charge in [-0.3, -0.25) is 9.13 Å². The molecule has 2 aromatic carbocycles. The third-order valence-corrected chi connectivity index (χ3v) is 4.70. The van der Waals surface area contributed by atoms with Gasteiger partial charge in [0.05, 0.1) is 11.0 Å². The van der Waals surface area contributed by atoms with E-state index in [4.69, 9.17) is 0 Å². The van der Waals surface area contributed by atoms with Crippen molar-refractivity contribution in [3.8, 4) is 0 Å². The quantitative estimate of drug-likeness (QED) is 0.757. The van der Waals surface area contributed by atoms with Gasteiger partial charge in [-0.15, -0.1) is 0 Å². The smallest absolute Gasteiger partial charge is 0.310 e. The minimum atomic E-state index is 0.0198. The van der Waals surface area contributed by atoms with Crippen LogP contribution in [0.2, 0.25) is 0 Å². The normalized spacial score (nSPS) is 12.6. The van der Waals surface area contributed by atoms with Crippen LogP contribution in [0.4, 0.5) is 0 Å². The maximum atomic E-state index is 12.0. The third kappa shape index (κ3) is 3.44. The molecule has 0 saturated heterocycles. The molecule has 3 rings (SSSR count). The van der Waals surface area contributed by atoms with E-state index in [-0.39, 0.29) is 5.69 Å². The second-order valence-electron chi connectivity index (χ2n) is 6.53. The second-order valence-corrected chi connectivity index (χ2v) is 6.53. The topological polar surface area (TPSA) is 39.0 Å². The van der Waals surface area contributed by atoms with E-state index >= 15 is 0 Å². The summed E-state index contributed by atoms with van der Waals surface area (Å²) in [6.45, 7) is 3.04. The summed E-state index contributed by atoms with van der Waals surface area (Å²) in [5, 5.41) is 3.58. The molecule has 1 heterocycles. The largest absolute Gasteiger partial charge is 0.328 e. The van der Waals surface area contributed by atoms with E-state index in [1.54, 1.807) is 9.13 Å². The number of nitrogens with one attached hydrogen (secondary N) is 1. The van der Waals surface area contributed by atoms with Crippen molar-refractivity contribution >= 4 is 11.0 Å². The Balaban J connectivity index is 1.61. The Labute approximate surface area is 142 Å². The molecule has 126 valence electrons. The Morgan fingerprint density at radius 2 is 1.67 bits per heavy atom. The zero-order chi connectivity index (χ0) is 17.1. The van der Waals surface area contributed by atoms with Gasteiger partial charge in [0.1, 0.15) is 0 Å². The van der Waals surface area contributed by atoms with Crippen molar-refractivity contribution in [3.05, 3.63) is 70.1 Å². The van der Waals surface area contributed by atoms with Gasteiger partial charge in [-0.2, -0.15) is 0 Å². The molecule has 1 atom stereocenters. The predicted octanol–water partition coefficient (Wildman–Crippen LogP) is 2.99. The number of hydrogen-bond donors (Lipinski definition) is 1. The highest BCUT2D eigenvalue weighted by Gasteiger charge is 2.08. The van der Waals surface area contributed by atoms with Gasteiger partial charge in [-0.25, -0.2) is 4.79 Å². The van der Waals surface area contributed by atoms with E-state index in [0.29, 0.717) is 6.04 Å². The molecule has 0 fully saturated rings. The van der Waals surface area contributed by atoms with Crippen LogP contribution in [-0.2, 0) is 27.1 Å². The lowest BCUT2D eigenvalue weighted by Crippen LogP contribution is -2.26. The van der Waals surface area contributed by atoms with Crippen molar-refractivity contribution in [2.24, 2.45) is 14.1 Å². The third-order valence-electron chi connectivity index (χ3n) is 4.70. The monoisotopic (exact) mass is 323 g/mol. The molecule has 0 aliphatic carbocycles. The molecule has 4 heteroatoms. The molecule has 0 aliphatic heterocycles. The van der Waals surface area contributed by atoms with Crippen LogP contribution in [0.3, 0.4) is 0 Å². The molecule has 3 aromatic rings. The molecule has 0 amide bonds. The molecule has 0 radical (unpaired) electrons. The molecule has 4 nitrogen and oxygen atoms in total. The van der Waals surface area contributed by atoms with E-state index < -0.39 is 0 Å². The van der Waals surface area contributed by atoms with Crippen LogP contribution in [0.15, 0.2) is 53.3 Å². The first-order chi connectivity index (χ1) is 11.6. The molecular weight excluding hydrogens is 298 g/mol. The highest BCUT2D eigenvalue weighted by atomic mass is 16.1. The molecule has 0 saturated carbocycles. The lowest BCUT2D eigenvalue weighted by Gasteiger charge is -2.14. The summed E-state index contributed by atoms with van der Waals surface area (Å²) >= 11 is 0. The number of aryl methyl sites for hydroxylation is 3. The summed E-state index contributed by atoms with van der Waals surface area (Å²) in [7, 11) is 3.64. The molecule has 1 N–H and O–H groups in total. The molecule has 1 aromatic heterocycles. The highest BCUT2D eigenvalue weighted by molar-refractivity contribution is 5.76. The van der Waals surface area contributed by atoms with Gasteiger partial charge in [0, 0.05) is 26.7 Å².